The lowest BCUT2D eigenvalue weighted by Gasteiger charge is -2.27. The summed E-state index contributed by atoms with van der Waals surface area (Å²) in [5.41, 5.74) is 1.01. The molecule has 0 bridgehead atoms. The fourth-order valence-corrected chi connectivity index (χ4v) is 4.77. The highest BCUT2D eigenvalue weighted by Crippen LogP contribution is 2.48. The van der Waals surface area contributed by atoms with Crippen LogP contribution in [-0.2, 0) is 7.05 Å². The number of amides is 1. The predicted octanol–water partition coefficient (Wildman–Crippen LogP) is 2.17. The van der Waals surface area contributed by atoms with Crippen molar-refractivity contribution in [3.8, 4) is 11.4 Å². The molecule has 4 heterocycles. The third kappa shape index (κ3) is 3.19. The molecule has 0 unspecified atom stereocenters. The molecule has 3 aromatic rings. The first kappa shape index (κ1) is 18.9. The summed E-state index contributed by atoms with van der Waals surface area (Å²) in [5.74, 6) is 0.513. The number of rotatable bonds is 3. The van der Waals surface area contributed by atoms with Gasteiger partial charge in [0, 0.05) is 43.9 Å². The zero-order valence-electron chi connectivity index (χ0n) is 17.0. The Morgan fingerprint density at radius 2 is 2.00 bits per heavy atom. The number of aromatic nitrogens is 4. The molecule has 2 aliphatic rings. The van der Waals surface area contributed by atoms with E-state index in [1.54, 1.807) is 36.1 Å². The van der Waals surface area contributed by atoms with E-state index >= 15 is 0 Å². The minimum atomic E-state index is -0.310. The summed E-state index contributed by atoms with van der Waals surface area (Å²) >= 11 is 0. The molecule has 2 aliphatic heterocycles. The van der Waals surface area contributed by atoms with Gasteiger partial charge in [0.15, 0.2) is 0 Å². The molecule has 5 rings (SSSR count). The summed E-state index contributed by atoms with van der Waals surface area (Å²) in [6.07, 6.45) is 2.72. The maximum absolute atomic E-state index is 13.2. The first-order valence-electron chi connectivity index (χ1n) is 10.0. The summed E-state index contributed by atoms with van der Waals surface area (Å²) in [5, 5.41) is 8.39. The summed E-state index contributed by atoms with van der Waals surface area (Å²) in [6.45, 7) is 2.96. The number of aryl methyl sites for hydroxylation is 1. The van der Waals surface area contributed by atoms with Crippen molar-refractivity contribution in [3.63, 3.8) is 0 Å². The molecule has 2 fully saturated rings. The second-order valence-corrected chi connectivity index (χ2v) is 8.43. The van der Waals surface area contributed by atoms with Crippen molar-refractivity contribution in [1.82, 2.24) is 29.7 Å². The van der Waals surface area contributed by atoms with Crippen molar-refractivity contribution in [2.75, 3.05) is 33.2 Å². The second-order valence-electron chi connectivity index (χ2n) is 8.43. The third-order valence-corrected chi connectivity index (χ3v) is 6.29. The zero-order valence-corrected chi connectivity index (χ0v) is 17.0. The maximum atomic E-state index is 13.2. The van der Waals surface area contributed by atoms with Crippen LogP contribution in [0, 0.1) is 11.2 Å². The number of carbonyl (C=O) groups excluding carboxylic acids is 1. The van der Waals surface area contributed by atoms with E-state index in [1.165, 1.54) is 12.1 Å². The summed E-state index contributed by atoms with van der Waals surface area (Å²) in [4.78, 5) is 21.8. The van der Waals surface area contributed by atoms with E-state index in [0.29, 0.717) is 36.1 Å². The standard InChI is InChI=1S/C21H23FN6O2/c1-26-10-8-21(12-26)13-28(20(29)17-7-9-27(2)24-17)11-16(21)19-23-18(25-30-19)14-3-5-15(22)6-4-14/h3-7,9,16H,8,10-13H2,1-2H3/t16-,21-/m0/s1. The van der Waals surface area contributed by atoms with Crippen molar-refractivity contribution in [2.24, 2.45) is 12.5 Å². The van der Waals surface area contributed by atoms with E-state index in [0.717, 1.165) is 19.5 Å². The number of likely N-dealkylation sites (tertiary alicyclic amines) is 2. The van der Waals surface area contributed by atoms with Crippen molar-refractivity contribution in [3.05, 3.63) is 53.9 Å². The monoisotopic (exact) mass is 410 g/mol. The molecule has 9 heteroatoms. The maximum Gasteiger partial charge on any atom is 0.274 e. The quantitative estimate of drug-likeness (QED) is 0.658. The zero-order chi connectivity index (χ0) is 20.9. The molecule has 0 saturated carbocycles. The molecule has 30 heavy (non-hydrogen) atoms. The van der Waals surface area contributed by atoms with Crippen LogP contribution in [0.4, 0.5) is 4.39 Å². The average Bonchev–Trinajstić information content (AvgIpc) is 3.50. The molecule has 2 saturated heterocycles. The molecule has 2 aromatic heterocycles. The lowest BCUT2D eigenvalue weighted by Crippen LogP contribution is -2.34. The molecule has 1 aromatic carbocycles. The van der Waals surface area contributed by atoms with Crippen molar-refractivity contribution in [1.29, 1.82) is 0 Å². The molecule has 156 valence electrons. The van der Waals surface area contributed by atoms with Gasteiger partial charge in [-0.3, -0.25) is 9.48 Å². The average molecular weight is 410 g/mol. The number of nitrogens with zero attached hydrogens (tertiary/aromatic N) is 6. The molecule has 2 atom stereocenters. The largest absolute Gasteiger partial charge is 0.339 e. The Labute approximate surface area is 173 Å². The van der Waals surface area contributed by atoms with E-state index < -0.39 is 0 Å². The Morgan fingerprint density at radius 1 is 1.20 bits per heavy atom. The first-order chi connectivity index (χ1) is 14.4. The highest BCUT2D eigenvalue weighted by molar-refractivity contribution is 5.92. The molecular formula is C21H23FN6O2. The molecule has 1 amide bonds. The fourth-order valence-electron chi connectivity index (χ4n) is 4.77. The fraction of sp³-hybridized carbons (Fsp3) is 0.429. The minimum absolute atomic E-state index is 0.0585. The second kappa shape index (κ2) is 7.02. The van der Waals surface area contributed by atoms with Gasteiger partial charge in [-0.15, -0.1) is 0 Å². The Bertz CT molecular complexity index is 1080. The van der Waals surface area contributed by atoms with Crippen molar-refractivity contribution in [2.45, 2.75) is 12.3 Å². The summed E-state index contributed by atoms with van der Waals surface area (Å²) < 4.78 is 20.5. The third-order valence-electron chi connectivity index (χ3n) is 6.29. The van der Waals surface area contributed by atoms with Crippen molar-refractivity contribution >= 4 is 5.91 Å². The van der Waals surface area contributed by atoms with Gasteiger partial charge in [0.1, 0.15) is 11.5 Å². The summed E-state index contributed by atoms with van der Waals surface area (Å²) in [6, 6.07) is 7.76. The van der Waals surface area contributed by atoms with Gasteiger partial charge >= 0.3 is 0 Å². The van der Waals surface area contributed by atoms with Crippen LogP contribution in [0.5, 0.6) is 0 Å². The minimum Gasteiger partial charge on any atom is -0.339 e. The Hall–Kier alpha value is -3.07. The lowest BCUT2D eigenvalue weighted by atomic mass is 9.77. The predicted molar refractivity (Wildman–Crippen MR) is 106 cm³/mol. The van der Waals surface area contributed by atoms with E-state index in [4.69, 9.17) is 4.52 Å². The van der Waals surface area contributed by atoms with E-state index in [9.17, 15) is 9.18 Å². The first-order valence-corrected chi connectivity index (χ1v) is 10.0. The van der Waals surface area contributed by atoms with Crippen LogP contribution in [0.2, 0.25) is 0 Å². The molecule has 0 aliphatic carbocycles. The number of hydrogen-bond acceptors (Lipinski definition) is 6. The summed E-state index contributed by atoms with van der Waals surface area (Å²) in [7, 11) is 3.89. The highest BCUT2D eigenvalue weighted by atomic mass is 19.1. The van der Waals surface area contributed by atoms with E-state index in [1.807, 2.05) is 4.90 Å². The number of carbonyl (C=O) groups is 1. The van der Waals surface area contributed by atoms with Crippen LogP contribution in [0.15, 0.2) is 41.1 Å². The lowest BCUT2D eigenvalue weighted by molar-refractivity contribution is 0.0767. The van der Waals surface area contributed by atoms with E-state index in [2.05, 4.69) is 27.2 Å². The van der Waals surface area contributed by atoms with Gasteiger partial charge in [0.05, 0.1) is 5.92 Å². The van der Waals surface area contributed by atoms with Crippen LogP contribution < -0.4 is 0 Å². The van der Waals surface area contributed by atoms with Crippen LogP contribution in [-0.4, -0.2) is 68.9 Å². The van der Waals surface area contributed by atoms with Crippen LogP contribution in [0.1, 0.15) is 28.7 Å². The van der Waals surface area contributed by atoms with Gasteiger partial charge in [-0.25, -0.2) is 4.39 Å². The van der Waals surface area contributed by atoms with Gasteiger partial charge in [0.25, 0.3) is 5.91 Å². The van der Waals surface area contributed by atoms with Crippen LogP contribution >= 0.6 is 0 Å². The Morgan fingerprint density at radius 3 is 2.67 bits per heavy atom. The van der Waals surface area contributed by atoms with Gasteiger partial charge in [-0.05, 0) is 50.3 Å². The van der Waals surface area contributed by atoms with Gasteiger partial charge in [-0.2, -0.15) is 10.1 Å². The normalized spacial score (nSPS) is 24.2. The molecule has 0 radical (unpaired) electrons. The smallest absolute Gasteiger partial charge is 0.274 e. The molecular weight excluding hydrogens is 387 g/mol. The highest BCUT2D eigenvalue weighted by Gasteiger charge is 2.53. The van der Waals surface area contributed by atoms with Gasteiger partial charge < -0.3 is 14.3 Å². The topological polar surface area (TPSA) is 80.3 Å². The number of hydrogen-bond donors (Lipinski definition) is 0. The SMILES string of the molecule is CN1CC[C@]2(C1)CN(C(=O)c1ccn(C)n1)C[C@H]2c1nc(-c2ccc(F)cc2)no1. The number of halogens is 1. The number of benzene rings is 1. The molecule has 0 N–H and O–H groups in total. The van der Waals surface area contributed by atoms with Gasteiger partial charge in [0.2, 0.25) is 11.7 Å². The molecule has 1 spiro atoms. The van der Waals surface area contributed by atoms with E-state index in [-0.39, 0.29) is 23.1 Å². The molecule has 8 nitrogen and oxygen atoms in total. The Balaban J connectivity index is 1.45. The van der Waals surface area contributed by atoms with Crippen LogP contribution in [0.25, 0.3) is 11.4 Å². The van der Waals surface area contributed by atoms with Gasteiger partial charge in [-0.1, -0.05) is 5.16 Å². The van der Waals surface area contributed by atoms with Crippen LogP contribution in [0.3, 0.4) is 0 Å². The van der Waals surface area contributed by atoms with Crippen molar-refractivity contribution < 1.29 is 13.7 Å². The Kier molecular flexibility index (Phi) is 4.43.